The minimum absolute atomic E-state index is 0.143. The van der Waals surface area contributed by atoms with Gasteiger partial charge in [0.25, 0.3) is 0 Å². The zero-order chi connectivity index (χ0) is 18.4. The van der Waals surface area contributed by atoms with Gasteiger partial charge in [0.1, 0.15) is 11.6 Å². The average molecular weight is 355 g/mol. The van der Waals surface area contributed by atoms with Crippen LogP contribution in [0.3, 0.4) is 0 Å². The van der Waals surface area contributed by atoms with Crippen molar-refractivity contribution in [2.75, 3.05) is 7.11 Å². The summed E-state index contributed by atoms with van der Waals surface area (Å²) in [7, 11) is 1.59. The molecule has 26 heavy (non-hydrogen) atoms. The second kappa shape index (κ2) is 8.24. The first kappa shape index (κ1) is 17.6. The highest BCUT2D eigenvalue weighted by Crippen LogP contribution is 2.21. The second-order valence-corrected chi connectivity index (χ2v) is 5.65. The molecule has 7 heteroatoms. The number of carbonyl (C=O) groups excluding carboxylic acids is 1. The van der Waals surface area contributed by atoms with E-state index in [-0.39, 0.29) is 18.3 Å². The molecule has 0 spiro atoms. The van der Waals surface area contributed by atoms with Crippen molar-refractivity contribution in [1.82, 2.24) is 15.5 Å². The molecule has 0 aliphatic heterocycles. The van der Waals surface area contributed by atoms with Crippen molar-refractivity contribution in [1.29, 1.82) is 0 Å². The van der Waals surface area contributed by atoms with Gasteiger partial charge < -0.3 is 14.6 Å². The number of halogens is 1. The van der Waals surface area contributed by atoms with Crippen LogP contribution in [0.25, 0.3) is 11.4 Å². The maximum absolute atomic E-state index is 12.9. The van der Waals surface area contributed by atoms with Gasteiger partial charge in [-0.3, -0.25) is 4.79 Å². The van der Waals surface area contributed by atoms with Gasteiger partial charge in [-0.25, -0.2) is 4.39 Å². The van der Waals surface area contributed by atoms with Crippen molar-refractivity contribution in [3.05, 3.63) is 65.8 Å². The van der Waals surface area contributed by atoms with E-state index in [2.05, 4.69) is 15.5 Å². The minimum Gasteiger partial charge on any atom is -0.497 e. The number of benzene rings is 2. The molecule has 0 bridgehead atoms. The van der Waals surface area contributed by atoms with Crippen molar-refractivity contribution in [3.8, 4) is 17.1 Å². The van der Waals surface area contributed by atoms with Gasteiger partial charge in [-0.2, -0.15) is 4.98 Å². The molecule has 3 aromatic rings. The standard InChI is InChI=1S/C19H18FN3O3/c1-25-16-4-2-3-14(11-16)19-22-18(26-23-19)12-21-17(24)10-7-13-5-8-15(20)9-6-13/h2-6,8-9,11H,7,10,12H2,1H3,(H,21,24). The molecule has 0 aliphatic carbocycles. The smallest absolute Gasteiger partial charge is 0.246 e. The molecule has 0 radical (unpaired) electrons. The summed E-state index contributed by atoms with van der Waals surface area (Å²) in [5.41, 5.74) is 1.67. The summed E-state index contributed by atoms with van der Waals surface area (Å²) in [4.78, 5) is 16.2. The predicted octanol–water partition coefficient (Wildman–Crippen LogP) is 3.13. The van der Waals surface area contributed by atoms with Crippen molar-refractivity contribution in [2.45, 2.75) is 19.4 Å². The average Bonchev–Trinajstić information content (AvgIpc) is 3.15. The first-order valence-electron chi connectivity index (χ1n) is 8.12. The largest absolute Gasteiger partial charge is 0.497 e. The highest BCUT2D eigenvalue weighted by Gasteiger charge is 2.10. The Morgan fingerprint density at radius 3 is 2.81 bits per heavy atom. The van der Waals surface area contributed by atoms with Crippen LogP contribution in [0.4, 0.5) is 4.39 Å². The molecule has 0 aliphatic rings. The van der Waals surface area contributed by atoms with Crippen LogP contribution in [-0.4, -0.2) is 23.2 Å². The number of aromatic nitrogens is 2. The summed E-state index contributed by atoms with van der Waals surface area (Å²) in [5.74, 6) is 1.01. The number of ether oxygens (including phenoxy) is 1. The summed E-state index contributed by atoms with van der Waals surface area (Å²) >= 11 is 0. The molecule has 0 saturated heterocycles. The molecule has 1 amide bonds. The van der Waals surface area contributed by atoms with Crippen molar-refractivity contribution in [3.63, 3.8) is 0 Å². The Labute approximate surface area is 150 Å². The Bertz CT molecular complexity index is 878. The van der Waals surface area contributed by atoms with Gasteiger partial charge in [-0.15, -0.1) is 0 Å². The Balaban J connectivity index is 1.51. The quantitative estimate of drug-likeness (QED) is 0.704. The SMILES string of the molecule is COc1cccc(-c2noc(CNC(=O)CCc3ccc(F)cc3)n2)c1. The Hall–Kier alpha value is -3.22. The fourth-order valence-electron chi connectivity index (χ4n) is 2.38. The number of amides is 1. The number of hydrogen-bond acceptors (Lipinski definition) is 5. The molecule has 0 unspecified atom stereocenters. The first-order valence-corrected chi connectivity index (χ1v) is 8.12. The van der Waals surface area contributed by atoms with Crippen molar-refractivity contribution < 1.29 is 18.4 Å². The first-order chi connectivity index (χ1) is 12.6. The molecule has 1 aromatic heterocycles. The van der Waals surface area contributed by atoms with Crippen LogP contribution >= 0.6 is 0 Å². The fraction of sp³-hybridized carbons (Fsp3) is 0.211. The fourth-order valence-corrected chi connectivity index (χ4v) is 2.38. The normalized spacial score (nSPS) is 10.5. The van der Waals surface area contributed by atoms with Gasteiger partial charge in [-0.1, -0.05) is 29.4 Å². The number of rotatable bonds is 7. The summed E-state index contributed by atoms with van der Waals surface area (Å²) in [6, 6.07) is 13.4. The maximum Gasteiger partial charge on any atom is 0.246 e. The van der Waals surface area contributed by atoms with Crippen molar-refractivity contribution in [2.24, 2.45) is 0 Å². The van der Waals surface area contributed by atoms with Gasteiger partial charge in [0.2, 0.25) is 17.6 Å². The van der Waals surface area contributed by atoms with Gasteiger partial charge in [-0.05, 0) is 36.2 Å². The lowest BCUT2D eigenvalue weighted by atomic mass is 10.1. The number of nitrogens with zero attached hydrogens (tertiary/aromatic N) is 2. The molecule has 2 aromatic carbocycles. The minimum atomic E-state index is -0.290. The second-order valence-electron chi connectivity index (χ2n) is 5.65. The number of aryl methyl sites for hydroxylation is 1. The zero-order valence-corrected chi connectivity index (χ0v) is 14.2. The van der Waals surface area contributed by atoms with E-state index < -0.39 is 0 Å². The Morgan fingerprint density at radius 1 is 1.23 bits per heavy atom. The number of carbonyl (C=O) groups is 1. The van der Waals surface area contributed by atoms with Gasteiger partial charge in [0.15, 0.2) is 0 Å². The van der Waals surface area contributed by atoms with Crippen LogP contribution < -0.4 is 10.1 Å². The topological polar surface area (TPSA) is 77.3 Å². The van der Waals surface area contributed by atoms with E-state index in [9.17, 15) is 9.18 Å². The summed E-state index contributed by atoms with van der Waals surface area (Å²) in [6.45, 7) is 0.152. The third-order valence-corrected chi connectivity index (χ3v) is 3.79. The van der Waals surface area contributed by atoms with E-state index in [4.69, 9.17) is 9.26 Å². The maximum atomic E-state index is 12.9. The highest BCUT2D eigenvalue weighted by atomic mass is 19.1. The van der Waals surface area contributed by atoms with E-state index in [1.165, 1.54) is 12.1 Å². The Kier molecular flexibility index (Phi) is 5.58. The molecule has 0 atom stereocenters. The summed E-state index contributed by atoms with van der Waals surface area (Å²) < 4.78 is 23.2. The van der Waals surface area contributed by atoms with E-state index in [0.717, 1.165) is 11.1 Å². The molecule has 0 fully saturated rings. The Morgan fingerprint density at radius 2 is 2.04 bits per heavy atom. The lowest BCUT2D eigenvalue weighted by Gasteiger charge is -2.03. The number of methoxy groups -OCH3 is 1. The molecule has 1 N–H and O–H groups in total. The molecule has 1 heterocycles. The molecular weight excluding hydrogens is 337 g/mol. The lowest BCUT2D eigenvalue weighted by Crippen LogP contribution is -2.23. The van der Waals surface area contributed by atoms with E-state index in [0.29, 0.717) is 30.3 Å². The molecule has 134 valence electrons. The predicted molar refractivity (Wildman–Crippen MR) is 92.9 cm³/mol. The van der Waals surface area contributed by atoms with E-state index >= 15 is 0 Å². The lowest BCUT2D eigenvalue weighted by molar-refractivity contribution is -0.121. The number of nitrogens with one attached hydrogen (secondary N) is 1. The van der Waals surface area contributed by atoms with Crippen LogP contribution in [0.2, 0.25) is 0 Å². The molecule has 0 saturated carbocycles. The zero-order valence-electron chi connectivity index (χ0n) is 14.2. The van der Waals surface area contributed by atoms with E-state index in [1.54, 1.807) is 25.3 Å². The number of hydrogen-bond donors (Lipinski definition) is 1. The third-order valence-electron chi connectivity index (χ3n) is 3.79. The van der Waals surface area contributed by atoms with Gasteiger partial charge >= 0.3 is 0 Å². The van der Waals surface area contributed by atoms with Crippen LogP contribution in [0.1, 0.15) is 17.9 Å². The summed E-state index contributed by atoms with van der Waals surface area (Å²) in [6.07, 6.45) is 0.827. The van der Waals surface area contributed by atoms with Gasteiger partial charge in [0, 0.05) is 12.0 Å². The molecule has 3 rings (SSSR count). The monoisotopic (exact) mass is 355 g/mol. The molecular formula is C19H18FN3O3. The molecule has 6 nitrogen and oxygen atoms in total. The highest BCUT2D eigenvalue weighted by molar-refractivity contribution is 5.76. The van der Waals surface area contributed by atoms with Crippen LogP contribution in [0.5, 0.6) is 5.75 Å². The summed E-state index contributed by atoms with van der Waals surface area (Å²) in [5, 5.41) is 6.65. The van der Waals surface area contributed by atoms with Crippen LogP contribution in [-0.2, 0) is 17.8 Å². The van der Waals surface area contributed by atoms with Crippen LogP contribution in [0, 0.1) is 5.82 Å². The third kappa shape index (κ3) is 4.66. The van der Waals surface area contributed by atoms with E-state index in [1.807, 2.05) is 18.2 Å². The van der Waals surface area contributed by atoms with Crippen molar-refractivity contribution >= 4 is 5.91 Å². The van der Waals surface area contributed by atoms with Crippen LogP contribution in [0.15, 0.2) is 53.1 Å². The van der Waals surface area contributed by atoms with Gasteiger partial charge in [0.05, 0.1) is 13.7 Å².